The summed E-state index contributed by atoms with van der Waals surface area (Å²) in [7, 11) is 1.72. The molecule has 3 N–H and O–H groups in total. The first-order chi connectivity index (χ1) is 8.65. The molecule has 0 spiro atoms. The monoisotopic (exact) mass is 256 g/mol. The van der Waals surface area contributed by atoms with Crippen molar-refractivity contribution in [2.24, 2.45) is 17.6 Å². The van der Waals surface area contributed by atoms with Crippen LogP contribution in [0.2, 0.25) is 0 Å². The molecule has 1 rings (SSSR count). The molecule has 4 nitrogen and oxygen atoms in total. The summed E-state index contributed by atoms with van der Waals surface area (Å²) < 4.78 is 4.99. The first kappa shape index (κ1) is 15.4. The van der Waals surface area contributed by atoms with Gasteiger partial charge >= 0.3 is 0 Å². The standard InChI is InChI=1S/C14H28N2O2/c1-11-10-12(15)6-7-13(11)14(17)16-8-4-3-5-9-18-2/h11-13H,3-10,15H2,1-2H3,(H,16,17). The van der Waals surface area contributed by atoms with Crippen LogP contribution in [-0.2, 0) is 9.53 Å². The Morgan fingerprint density at radius 1 is 1.33 bits per heavy atom. The van der Waals surface area contributed by atoms with Crippen LogP contribution in [0.3, 0.4) is 0 Å². The van der Waals surface area contributed by atoms with Crippen LogP contribution in [0, 0.1) is 11.8 Å². The van der Waals surface area contributed by atoms with Crippen LogP contribution < -0.4 is 11.1 Å². The number of amides is 1. The first-order valence-corrected chi connectivity index (χ1v) is 7.17. The Labute approximate surface area is 111 Å². The zero-order chi connectivity index (χ0) is 13.4. The Morgan fingerprint density at radius 3 is 2.78 bits per heavy atom. The number of carbonyl (C=O) groups is 1. The van der Waals surface area contributed by atoms with Crippen molar-refractivity contribution in [3.05, 3.63) is 0 Å². The van der Waals surface area contributed by atoms with Crippen molar-refractivity contribution in [1.82, 2.24) is 5.32 Å². The number of unbranched alkanes of at least 4 members (excludes halogenated alkanes) is 2. The summed E-state index contributed by atoms with van der Waals surface area (Å²) in [5.74, 6) is 0.812. The average Bonchev–Trinajstić information content (AvgIpc) is 2.33. The van der Waals surface area contributed by atoms with Gasteiger partial charge in [-0.3, -0.25) is 4.79 Å². The van der Waals surface area contributed by atoms with E-state index < -0.39 is 0 Å². The second-order valence-electron chi connectivity index (χ2n) is 5.50. The molecule has 0 bridgehead atoms. The highest BCUT2D eigenvalue weighted by Crippen LogP contribution is 2.29. The number of rotatable bonds is 7. The first-order valence-electron chi connectivity index (χ1n) is 7.17. The van der Waals surface area contributed by atoms with Gasteiger partial charge in [0.2, 0.25) is 5.91 Å². The topological polar surface area (TPSA) is 64.3 Å². The second kappa shape index (κ2) is 8.48. The highest BCUT2D eigenvalue weighted by Gasteiger charge is 2.30. The molecule has 1 fully saturated rings. The van der Waals surface area contributed by atoms with E-state index in [1.807, 2.05) is 0 Å². The van der Waals surface area contributed by atoms with Crippen molar-refractivity contribution in [3.8, 4) is 0 Å². The fourth-order valence-corrected chi connectivity index (χ4v) is 2.72. The smallest absolute Gasteiger partial charge is 0.223 e. The van der Waals surface area contributed by atoms with E-state index in [0.717, 1.165) is 51.7 Å². The molecule has 0 aromatic heterocycles. The summed E-state index contributed by atoms with van der Waals surface area (Å²) in [6.45, 7) is 3.74. The molecule has 0 aromatic carbocycles. The highest BCUT2D eigenvalue weighted by molar-refractivity contribution is 5.79. The molecule has 1 amide bonds. The molecule has 0 saturated heterocycles. The van der Waals surface area contributed by atoms with Gasteiger partial charge in [0.05, 0.1) is 0 Å². The number of hydrogen-bond donors (Lipinski definition) is 2. The normalized spacial score (nSPS) is 28.1. The molecular formula is C14H28N2O2. The van der Waals surface area contributed by atoms with Gasteiger partial charge in [-0.2, -0.15) is 0 Å². The van der Waals surface area contributed by atoms with E-state index in [-0.39, 0.29) is 17.9 Å². The van der Waals surface area contributed by atoms with Crippen molar-refractivity contribution in [2.45, 2.75) is 51.5 Å². The van der Waals surface area contributed by atoms with Crippen LogP contribution in [-0.4, -0.2) is 32.2 Å². The van der Waals surface area contributed by atoms with E-state index in [1.54, 1.807) is 7.11 Å². The number of hydrogen-bond acceptors (Lipinski definition) is 3. The Balaban J connectivity index is 2.12. The van der Waals surface area contributed by atoms with Crippen molar-refractivity contribution in [2.75, 3.05) is 20.3 Å². The number of nitrogens with one attached hydrogen (secondary N) is 1. The molecule has 106 valence electrons. The lowest BCUT2D eigenvalue weighted by Crippen LogP contribution is -2.41. The predicted octanol–water partition coefficient (Wildman–Crippen LogP) is 1.68. The van der Waals surface area contributed by atoms with E-state index in [0.29, 0.717) is 5.92 Å². The zero-order valence-corrected chi connectivity index (χ0v) is 11.8. The fraction of sp³-hybridized carbons (Fsp3) is 0.929. The van der Waals surface area contributed by atoms with E-state index >= 15 is 0 Å². The second-order valence-corrected chi connectivity index (χ2v) is 5.50. The quantitative estimate of drug-likeness (QED) is 0.681. The minimum absolute atomic E-state index is 0.170. The maximum atomic E-state index is 12.0. The average molecular weight is 256 g/mol. The van der Waals surface area contributed by atoms with Crippen LogP contribution in [0.4, 0.5) is 0 Å². The van der Waals surface area contributed by atoms with E-state index in [4.69, 9.17) is 10.5 Å². The molecule has 0 radical (unpaired) electrons. The molecule has 0 aromatic rings. The molecule has 3 atom stereocenters. The lowest BCUT2D eigenvalue weighted by Gasteiger charge is -2.31. The number of ether oxygens (including phenoxy) is 1. The van der Waals surface area contributed by atoms with E-state index in [2.05, 4.69) is 12.2 Å². The van der Waals surface area contributed by atoms with Crippen molar-refractivity contribution in [3.63, 3.8) is 0 Å². The van der Waals surface area contributed by atoms with Gasteiger partial charge in [-0.05, 0) is 44.4 Å². The predicted molar refractivity (Wildman–Crippen MR) is 73.2 cm³/mol. The summed E-state index contributed by atoms with van der Waals surface area (Å²) in [6.07, 6.45) is 6.12. The molecule has 1 aliphatic rings. The third kappa shape index (κ3) is 5.36. The molecule has 3 unspecified atom stereocenters. The number of nitrogens with two attached hydrogens (primary N) is 1. The summed E-state index contributed by atoms with van der Waals surface area (Å²) >= 11 is 0. The van der Waals surface area contributed by atoms with Crippen molar-refractivity contribution in [1.29, 1.82) is 0 Å². The largest absolute Gasteiger partial charge is 0.385 e. The highest BCUT2D eigenvalue weighted by atomic mass is 16.5. The van der Waals surface area contributed by atoms with Crippen LogP contribution in [0.15, 0.2) is 0 Å². The Kier molecular flexibility index (Phi) is 7.28. The van der Waals surface area contributed by atoms with Gasteiger partial charge in [0.15, 0.2) is 0 Å². The molecule has 1 saturated carbocycles. The van der Waals surface area contributed by atoms with Gasteiger partial charge < -0.3 is 15.8 Å². The van der Waals surface area contributed by atoms with Gasteiger partial charge in [0.25, 0.3) is 0 Å². The van der Waals surface area contributed by atoms with Crippen LogP contribution in [0.5, 0.6) is 0 Å². The van der Waals surface area contributed by atoms with Gasteiger partial charge in [-0.25, -0.2) is 0 Å². The van der Waals surface area contributed by atoms with Crippen LogP contribution in [0.25, 0.3) is 0 Å². The Bertz CT molecular complexity index is 246. The third-order valence-corrected chi connectivity index (χ3v) is 3.87. The maximum absolute atomic E-state index is 12.0. The van der Waals surface area contributed by atoms with E-state index in [9.17, 15) is 4.79 Å². The molecule has 4 heteroatoms. The van der Waals surface area contributed by atoms with Gasteiger partial charge in [0, 0.05) is 32.2 Å². The Hall–Kier alpha value is -0.610. The minimum atomic E-state index is 0.170. The van der Waals surface area contributed by atoms with Crippen LogP contribution in [0.1, 0.15) is 45.4 Å². The van der Waals surface area contributed by atoms with Crippen LogP contribution >= 0.6 is 0 Å². The van der Waals surface area contributed by atoms with Gasteiger partial charge in [0.1, 0.15) is 0 Å². The number of methoxy groups -OCH3 is 1. The van der Waals surface area contributed by atoms with Crippen molar-refractivity contribution < 1.29 is 9.53 Å². The van der Waals surface area contributed by atoms with Crippen molar-refractivity contribution >= 4 is 5.91 Å². The van der Waals surface area contributed by atoms with E-state index in [1.165, 1.54) is 0 Å². The summed E-state index contributed by atoms with van der Waals surface area (Å²) in [5.41, 5.74) is 5.91. The lowest BCUT2D eigenvalue weighted by molar-refractivity contribution is -0.127. The summed E-state index contributed by atoms with van der Waals surface area (Å²) in [4.78, 5) is 12.0. The molecular weight excluding hydrogens is 228 g/mol. The summed E-state index contributed by atoms with van der Waals surface area (Å²) in [5, 5.41) is 3.05. The Morgan fingerprint density at radius 2 is 2.11 bits per heavy atom. The molecule has 18 heavy (non-hydrogen) atoms. The SMILES string of the molecule is COCCCCCNC(=O)C1CCC(N)CC1C. The molecule has 1 aliphatic carbocycles. The summed E-state index contributed by atoms with van der Waals surface area (Å²) in [6, 6.07) is 0.290. The lowest BCUT2D eigenvalue weighted by atomic mass is 9.78. The molecule has 0 aliphatic heterocycles. The van der Waals surface area contributed by atoms with Gasteiger partial charge in [-0.1, -0.05) is 6.92 Å². The molecule has 0 heterocycles. The number of carbonyl (C=O) groups excluding carboxylic acids is 1. The zero-order valence-electron chi connectivity index (χ0n) is 11.8. The maximum Gasteiger partial charge on any atom is 0.223 e. The fourth-order valence-electron chi connectivity index (χ4n) is 2.72. The third-order valence-electron chi connectivity index (χ3n) is 3.87. The minimum Gasteiger partial charge on any atom is -0.385 e. The van der Waals surface area contributed by atoms with Gasteiger partial charge in [-0.15, -0.1) is 0 Å².